The summed E-state index contributed by atoms with van der Waals surface area (Å²) in [5.74, 6) is -1.12. The van der Waals surface area contributed by atoms with Crippen LogP contribution < -0.4 is 5.32 Å². The molecule has 0 spiro atoms. The second-order valence-corrected chi connectivity index (χ2v) is 3.63. The summed E-state index contributed by atoms with van der Waals surface area (Å²) in [6.45, 7) is 3.75. The molecule has 1 amide bonds. The van der Waals surface area contributed by atoms with Gasteiger partial charge in [-0.15, -0.1) is 0 Å². The van der Waals surface area contributed by atoms with Gasteiger partial charge in [0.2, 0.25) is 5.91 Å². The van der Waals surface area contributed by atoms with Crippen LogP contribution in [0.4, 0.5) is 0 Å². The van der Waals surface area contributed by atoms with E-state index < -0.39 is 11.6 Å². The minimum atomic E-state index is -0.920. The zero-order chi connectivity index (χ0) is 11.2. The third-order valence-corrected chi connectivity index (χ3v) is 1.80. The first kappa shape index (κ1) is 12.9. The first-order valence-corrected chi connectivity index (χ1v) is 4.41. The van der Waals surface area contributed by atoms with Gasteiger partial charge in [-0.3, -0.25) is 9.59 Å². The van der Waals surface area contributed by atoms with Crippen LogP contribution in [-0.2, 0) is 14.3 Å². The Morgan fingerprint density at radius 2 is 2.00 bits per heavy atom. The molecule has 5 nitrogen and oxygen atoms in total. The van der Waals surface area contributed by atoms with Crippen LogP contribution in [0.25, 0.3) is 0 Å². The number of carboxylic acids is 1. The van der Waals surface area contributed by atoms with Gasteiger partial charge in [0.05, 0.1) is 18.4 Å². The number of carbonyl (C=O) groups is 2. The first-order valence-electron chi connectivity index (χ1n) is 4.41. The van der Waals surface area contributed by atoms with Gasteiger partial charge in [-0.05, 0) is 13.8 Å². The summed E-state index contributed by atoms with van der Waals surface area (Å²) < 4.78 is 5.06. The van der Waals surface area contributed by atoms with Crippen LogP contribution in [0.2, 0.25) is 0 Å². The Labute approximate surface area is 83.4 Å². The lowest BCUT2D eigenvalue weighted by Crippen LogP contribution is -2.34. The number of hydrogen-bond acceptors (Lipinski definition) is 3. The van der Waals surface area contributed by atoms with Crippen molar-refractivity contribution in [2.45, 2.75) is 32.3 Å². The van der Waals surface area contributed by atoms with Gasteiger partial charge in [0.25, 0.3) is 0 Å². The number of carbonyl (C=O) groups excluding carboxylic acids is 1. The maximum atomic E-state index is 11.2. The van der Waals surface area contributed by atoms with E-state index in [1.807, 2.05) is 0 Å². The fourth-order valence-corrected chi connectivity index (χ4v) is 0.830. The smallest absolute Gasteiger partial charge is 0.305 e. The van der Waals surface area contributed by atoms with Crippen molar-refractivity contribution < 1.29 is 19.4 Å². The van der Waals surface area contributed by atoms with Crippen molar-refractivity contribution in [1.82, 2.24) is 5.32 Å². The molecule has 0 atom stereocenters. The van der Waals surface area contributed by atoms with Gasteiger partial charge in [0.15, 0.2) is 0 Å². The second kappa shape index (κ2) is 5.59. The number of hydrogen-bond donors (Lipinski definition) is 2. The highest BCUT2D eigenvalue weighted by Crippen LogP contribution is 2.11. The summed E-state index contributed by atoms with van der Waals surface area (Å²) in [5, 5.41) is 10.8. The Morgan fingerprint density at radius 3 is 2.43 bits per heavy atom. The van der Waals surface area contributed by atoms with E-state index in [9.17, 15) is 9.59 Å². The first-order chi connectivity index (χ1) is 6.37. The molecule has 0 aliphatic heterocycles. The topological polar surface area (TPSA) is 75.6 Å². The van der Waals surface area contributed by atoms with E-state index in [0.29, 0.717) is 0 Å². The summed E-state index contributed by atoms with van der Waals surface area (Å²) in [5.41, 5.74) is -0.507. The molecule has 0 saturated carbocycles. The summed E-state index contributed by atoms with van der Waals surface area (Å²) in [7, 11) is 1.53. The van der Waals surface area contributed by atoms with Gasteiger partial charge in [0.1, 0.15) is 0 Å². The van der Waals surface area contributed by atoms with E-state index in [4.69, 9.17) is 9.84 Å². The Hall–Kier alpha value is -1.10. The number of aliphatic carboxylic acids is 1. The van der Waals surface area contributed by atoms with Crippen molar-refractivity contribution in [3.05, 3.63) is 0 Å². The molecule has 0 fully saturated rings. The van der Waals surface area contributed by atoms with Crippen molar-refractivity contribution in [3.8, 4) is 0 Å². The Bertz CT molecular complexity index is 213. The summed E-state index contributed by atoms with van der Waals surface area (Å²) >= 11 is 0. The lowest BCUT2D eigenvalue weighted by molar-refractivity contribution is -0.137. The molecule has 5 heteroatoms. The van der Waals surface area contributed by atoms with Crippen LogP contribution in [0.3, 0.4) is 0 Å². The third-order valence-electron chi connectivity index (χ3n) is 1.80. The number of amides is 1. The summed E-state index contributed by atoms with van der Waals surface area (Å²) in [4.78, 5) is 21.4. The highest BCUT2D eigenvalue weighted by atomic mass is 16.5. The summed E-state index contributed by atoms with van der Waals surface area (Å²) in [6, 6.07) is 0. The van der Waals surface area contributed by atoms with Crippen LogP contribution in [-0.4, -0.2) is 36.2 Å². The largest absolute Gasteiger partial charge is 0.481 e. The zero-order valence-corrected chi connectivity index (χ0v) is 8.79. The molecule has 0 aliphatic carbocycles. The van der Waals surface area contributed by atoms with Crippen LogP contribution in [0.5, 0.6) is 0 Å². The van der Waals surface area contributed by atoms with Gasteiger partial charge in [-0.25, -0.2) is 0 Å². The third kappa shape index (κ3) is 6.42. The quantitative estimate of drug-likeness (QED) is 0.655. The minimum absolute atomic E-state index is 0.0564. The Morgan fingerprint density at radius 1 is 1.43 bits per heavy atom. The van der Waals surface area contributed by atoms with Crippen LogP contribution in [0, 0.1) is 0 Å². The number of methoxy groups -OCH3 is 1. The lowest BCUT2D eigenvalue weighted by Gasteiger charge is -2.21. The van der Waals surface area contributed by atoms with E-state index >= 15 is 0 Å². The molecule has 0 heterocycles. The number of carboxylic acid groups (broad SMARTS) is 1. The molecule has 0 aromatic heterocycles. The van der Waals surface area contributed by atoms with Crippen molar-refractivity contribution in [2.24, 2.45) is 0 Å². The minimum Gasteiger partial charge on any atom is -0.481 e. The Balaban J connectivity index is 3.71. The molecular formula is C9H17NO4. The lowest BCUT2D eigenvalue weighted by atomic mass is 10.1. The molecule has 0 radical (unpaired) electrons. The molecule has 0 rings (SSSR count). The average Bonchev–Trinajstić information content (AvgIpc) is 2.02. The molecule has 0 unspecified atom stereocenters. The maximum Gasteiger partial charge on any atom is 0.305 e. The van der Waals surface area contributed by atoms with Gasteiger partial charge < -0.3 is 15.2 Å². The molecule has 0 aromatic rings. The predicted molar refractivity (Wildman–Crippen MR) is 51.0 cm³/mol. The number of ether oxygens (including phenoxy) is 1. The van der Waals surface area contributed by atoms with Crippen molar-refractivity contribution in [3.63, 3.8) is 0 Å². The van der Waals surface area contributed by atoms with E-state index in [-0.39, 0.29) is 25.3 Å². The normalized spacial score (nSPS) is 11.1. The summed E-state index contributed by atoms with van der Waals surface area (Å²) in [6.07, 6.45) is 0.169. The fourth-order valence-electron chi connectivity index (χ4n) is 0.830. The molecule has 0 saturated heterocycles. The molecule has 14 heavy (non-hydrogen) atoms. The van der Waals surface area contributed by atoms with Gasteiger partial charge in [-0.2, -0.15) is 0 Å². The van der Waals surface area contributed by atoms with E-state index in [2.05, 4.69) is 5.32 Å². The van der Waals surface area contributed by atoms with Crippen molar-refractivity contribution in [2.75, 3.05) is 13.7 Å². The Kier molecular flexibility index (Phi) is 5.15. The molecule has 2 N–H and O–H groups in total. The SMILES string of the molecule is COC(C)(C)CC(=O)NCCC(=O)O. The van der Waals surface area contributed by atoms with E-state index in [1.54, 1.807) is 13.8 Å². The van der Waals surface area contributed by atoms with Crippen LogP contribution in [0.15, 0.2) is 0 Å². The molecular weight excluding hydrogens is 186 g/mol. The molecule has 82 valence electrons. The molecule has 0 aromatic carbocycles. The van der Waals surface area contributed by atoms with Crippen LogP contribution in [0.1, 0.15) is 26.7 Å². The monoisotopic (exact) mass is 203 g/mol. The van der Waals surface area contributed by atoms with Crippen molar-refractivity contribution >= 4 is 11.9 Å². The van der Waals surface area contributed by atoms with Crippen molar-refractivity contribution in [1.29, 1.82) is 0 Å². The standard InChI is InChI=1S/C9H17NO4/c1-9(2,14-3)6-7(11)10-5-4-8(12)13/h4-6H2,1-3H3,(H,10,11)(H,12,13). The van der Waals surface area contributed by atoms with E-state index in [1.165, 1.54) is 7.11 Å². The predicted octanol–water partition coefficient (Wildman–Crippen LogP) is 0.392. The van der Waals surface area contributed by atoms with Gasteiger partial charge in [0, 0.05) is 13.7 Å². The highest BCUT2D eigenvalue weighted by Gasteiger charge is 2.20. The fraction of sp³-hybridized carbons (Fsp3) is 0.778. The molecule has 0 bridgehead atoms. The maximum absolute atomic E-state index is 11.2. The van der Waals surface area contributed by atoms with Gasteiger partial charge in [-0.1, -0.05) is 0 Å². The number of nitrogens with one attached hydrogen (secondary N) is 1. The zero-order valence-electron chi connectivity index (χ0n) is 8.79. The molecule has 0 aliphatic rings. The highest BCUT2D eigenvalue weighted by molar-refractivity contribution is 5.77. The van der Waals surface area contributed by atoms with E-state index in [0.717, 1.165) is 0 Å². The number of rotatable bonds is 6. The average molecular weight is 203 g/mol. The van der Waals surface area contributed by atoms with Gasteiger partial charge >= 0.3 is 5.97 Å². The second-order valence-electron chi connectivity index (χ2n) is 3.63. The van der Waals surface area contributed by atoms with Crippen LogP contribution >= 0.6 is 0 Å².